The van der Waals surface area contributed by atoms with Gasteiger partial charge in [0.1, 0.15) is 12.1 Å². The van der Waals surface area contributed by atoms with Gasteiger partial charge in [0.15, 0.2) is 11.5 Å². The minimum atomic E-state index is -3.95. The van der Waals surface area contributed by atoms with Gasteiger partial charge >= 0.3 is 11.9 Å². The SMILES string of the molecule is COc1cc(C(F)(F)C(=O)N2CCC[C@H]2C(=O)OC(CCCc2ccccc2)CCc2cccnc2)cc(OC)c1OC. The van der Waals surface area contributed by atoms with E-state index in [0.717, 1.165) is 35.4 Å². The molecular weight excluding hydrogens is 558 g/mol. The number of methoxy groups -OCH3 is 3. The molecule has 230 valence electrons. The van der Waals surface area contributed by atoms with Crippen LogP contribution in [0.1, 0.15) is 48.8 Å². The molecular formula is C33H38F2N2O6. The zero-order chi connectivity index (χ0) is 30.8. The number of carbonyl (C=O) groups excluding carboxylic acids is 2. The van der Waals surface area contributed by atoms with Crippen LogP contribution in [0.5, 0.6) is 17.2 Å². The Bertz CT molecular complexity index is 1330. The summed E-state index contributed by atoms with van der Waals surface area (Å²) in [5.41, 5.74) is 1.57. The number of pyridine rings is 1. The van der Waals surface area contributed by atoms with Crippen molar-refractivity contribution in [3.8, 4) is 17.2 Å². The maximum atomic E-state index is 15.7. The molecule has 0 saturated carbocycles. The van der Waals surface area contributed by atoms with Gasteiger partial charge in [0, 0.05) is 24.5 Å². The van der Waals surface area contributed by atoms with Crippen LogP contribution in [0, 0.1) is 0 Å². The summed E-state index contributed by atoms with van der Waals surface area (Å²) in [5, 5.41) is 0. The average molecular weight is 597 g/mol. The highest BCUT2D eigenvalue weighted by molar-refractivity contribution is 5.90. The van der Waals surface area contributed by atoms with Gasteiger partial charge in [-0.3, -0.25) is 9.78 Å². The summed E-state index contributed by atoms with van der Waals surface area (Å²) in [7, 11) is 3.96. The summed E-state index contributed by atoms with van der Waals surface area (Å²) < 4.78 is 53.0. The number of ether oxygens (including phenoxy) is 4. The van der Waals surface area contributed by atoms with Gasteiger partial charge in [-0.15, -0.1) is 0 Å². The Labute approximate surface area is 250 Å². The summed E-state index contributed by atoms with van der Waals surface area (Å²) >= 11 is 0. The van der Waals surface area contributed by atoms with E-state index in [4.69, 9.17) is 18.9 Å². The van der Waals surface area contributed by atoms with Crippen LogP contribution in [-0.4, -0.2) is 61.8 Å². The van der Waals surface area contributed by atoms with Crippen LogP contribution < -0.4 is 14.2 Å². The maximum Gasteiger partial charge on any atom is 0.350 e. The van der Waals surface area contributed by atoms with Gasteiger partial charge in [-0.2, -0.15) is 8.78 Å². The zero-order valence-electron chi connectivity index (χ0n) is 24.8. The third-order valence-corrected chi connectivity index (χ3v) is 7.68. The highest BCUT2D eigenvalue weighted by Gasteiger charge is 2.49. The van der Waals surface area contributed by atoms with Gasteiger partial charge in [0.25, 0.3) is 5.91 Å². The summed E-state index contributed by atoms with van der Waals surface area (Å²) in [6.07, 6.45) is 7.07. The van der Waals surface area contributed by atoms with E-state index in [1.807, 2.05) is 42.5 Å². The lowest BCUT2D eigenvalue weighted by molar-refractivity contribution is -0.169. The topological polar surface area (TPSA) is 87.2 Å². The number of esters is 1. The van der Waals surface area contributed by atoms with Crippen LogP contribution in [-0.2, 0) is 33.1 Å². The summed E-state index contributed by atoms with van der Waals surface area (Å²) in [5.74, 6) is -5.98. The molecule has 2 heterocycles. The van der Waals surface area contributed by atoms with Gasteiger partial charge in [-0.05, 0) is 74.3 Å². The van der Waals surface area contributed by atoms with Crippen molar-refractivity contribution < 1.29 is 37.3 Å². The molecule has 0 bridgehead atoms. The van der Waals surface area contributed by atoms with Crippen molar-refractivity contribution in [3.05, 3.63) is 83.7 Å². The fourth-order valence-corrected chi connectivity index (χ4v) is 5.38. The van der Waals surface area contributed by atoms with Crippen LogP contribution in [0.15, 0.2) is 67.0 Å². The van der Waals surface area contributed by atoms with Crippen molar-refractivity contribution in [3.63, 3.8) is 0 Å². The van der Waals surface area contributed by atoms with Crippen molar-refractivity contribution >= 4 is 11.9 Å². The van der Waals surface area contributed by atoms with Crippen molar-refractivity contribution in [2.75, 3.05) is 27.9 Å². The number of likely N-dealkylation sites (tertiary alicyclic amines) is 1. The Hall–Kier alpha value is -4.21. The summed E-state index contributed by atoms with van der Waals surface area (Å²) in [4.78, 5) is 31.8. The number of alkyl halides is 2. The minimum Gasteiger partial charge on any atom is -0.493 e. The normalized spacial score (nSPS) is 15.6. The van der Waals surface area contributed by atoms with Crippen LogP contribution in [0.25, 0.3) is 0 Å². The van der Waals surface area contributed by atoms with Crippen LogP contribution >= 0.6 is 0 Å². The van der Waals surface area contributed by atoms with Crippen molar-refractivity contribution in [1.29, 1.82) is 0 Å². The molecule has 1 aliphatic rings. The molecule has 0 spiro atoms. The smallest absolute Gasteiger partial charge is 0.350 e. The Morgan fingerprint density at radius 1 is 0.953 bits per heavy atom. The Balaban J connectivity index is 1.48. The largest absolute Gasteiger partial charge is 0.493 e. The first kappa shape index (κ1) is 31.7. The second-order valence-corrected chi connectivity index (χ2v) is 10.5. The number of hydrogen-bond donors (Lipinski definition) is 0. The molecule has 1 saturated heterocycles. The van der Waals surface area contributed by atoms with E-state index in [-0.39, 0.29) is 30.2 Å². The molecule has 0 N–H and O–H groups in total. The first-order valence-corrected chi connectivity index (χ1v) is 14.4. The highest BCUT2D eigenvalue weighted by atomic mass is 19.3. The van der Waals surface area contributed by atoms with E-state index >= 15 is 8.78 Å². The number of aromatic nitrogens is 1. The number of halogens is 2. The number of hydrogen-bond acceptors (Lipinski definition) is 7. The van der Waals surface area contributed by atoms with E-state index in [2.05, 4.69) is 4.98 Å². The number of rotatable bonds is 14. The number of aryl methyl sites for hydroxylation is 2. The predicted molar refractivity (Wildman–Crippen MR) is 157 cm³/mol. The molecule has 0 radical (unpaired) electrons. The lowest BCUT2D eigenvalue weighted by Crippen LogP contribution is -2.48. The second-order valence-electron chi connectivity index (χ2n) is 10.5. The number of amides is 1. The minimum absolute atomic E-state index is 0.00586. The Kier molecular flexibility index (Phi) is 10.9. The van der Waals surface area contributed by atoms with Crippen LogP contribution in [0.4, 0.5) is 8.78 Å². The van der Waals surface area contributed by atoms with Gasteiger partial charge in [-0.25, -0.2) is 4.79 Å². The number of benzene rings is 2. The van der Waals surface area contributed by atoms with Gasteiger partial charge in [-0.1, -0.05) is 36.4 Å². The van der Waals surface area contributed by atoms with Gasteiger partial charge in [0.05, 0.1) is 21.3 Å². The maximum absolute atomic E-state index is 15.7. The lowest BCUT2D eigenvalue weighted by Gasteiger charge is -2.29. The highest BCUT2D eigenvalue weighted by Crippen LogP contribution is 2.43. The third-order valence-electron chi connectivity index (χ3n) is 7.68. The standard InChI is InChI=1S/C33H38F2N2O6/c1-40-28-20-25(21-29(41-2)30(28)42-3)33(34,35)32(39)37-19-9-15-27(37)31(38)43-26(17-16-24-13-8-18-36-22-24)14-7-12-23-10-5-4-6-11-23/h4-6,8,10-11,13,18,20-22,26-27H,7,9,12,14-17,19H2,1-3H3/t26?,27-/m0/s1. The molecule has 1 aromatic heterocycles. The molecule has 2 aromatic carbocycles. The molecule has 43 heavy (non-hydrogen) atoms. The molecule has 1 fully saturated rings. The lowest BCUT2D eigenvalue weighted by atomic mass is 10.0. The molecule has 1 aliphatic heterocycles. The van der Waals surface area contributed by atoms with Crippen molar-refractivity contribution in [1.82, 2.24) is 9.88 Å². The molecule has 4 rings (SSSR count). The third kappa shape index (κ3) is 7.80. The van der Waals surface area contributed by atoms with E-state index in [9.17, 15) is 9.59 Å². The quantitative estimate of drug-likeness (QED) is 0.219. The van der Waals surface area contributed by atoms with Gasteiger partial charge < -0.3 is 23.8 Å². The first-order valence-electron chi connectivity index (χ1n) is 14.4. The summed E-state index contributed by atoms with van der Waals surface area (Å²) in [6, 6.07) is 14.8. The summed E-state index contributed by atoms with van der Waals surface area (Å²) in [6.45, 7) is 0.0208. The zero-order valence-corrected chi connectivity index (χ0v) is 24.8. The van der Waals surface area contributed by atoms with E-state index < -0.39 is 35.5 Å². The fourth-order valence-electron chi connectivity index (χ4n) is 5.38. The van der Waals surface area contributed by atoms with Crippen LogP contribution in [0.3, 0.4) is 0 Å². The van der Waals surface area contributed by atoms with Crippen molar-refractivity contribution in [2.45, 2.75) is 63.0 Å². The molecule has 2 atom stereocenters. The molecule has 8 nitrogen and oxygen atoms in total. The molecule has 1 unspecified atom stereocenters. The van der Waals surface area contributed by atoms with E-state index in [0.29, 0.717) is 25.7 Å². The van der Waals surface area contributed by atoms with E-state index in [1.54, 1.807) is 12.4 Å². The molecule has 3 aromatic rings. The Morgan fingerprint density at radius 2 is 1.65 bits per heavy atom. The first-order chi connectivity index (χ1) is 20.8. The van der Waals surface area contributed by atoms with Gasteiger partial charge in [0.2, 0.25) is 5.75 Å². The molecule has 0 aliphatic carbocycles. The molecule has 10 heteroatoms. The Morgan fingerprint density at radius 3 is 2.28 bits per heavy atom. The fraction of sp³-hybridized carbons (Fsp3) is 0.424. The van der Waals surface area contributed by atoms with Crippen LogP contribution in [0.2, 0.25) is 0 Å². The second kappa shape index (κ2) is 14.8. The number of nitrogens with zero attached hydrogens (tertiary/aromatic N) is 2. The number of carbonyl (C=O) groups is 2. The van der Waals surface area contributed by atoms with Crippen molar-refractivity contribution in [2.24, 2.45) is 0 Å². The predicted octanol–water partition coefficient (Wildman–Crippen LogP) is 5.76. The molecule has 1 amide bonds. The monoisotopic (exact) mass is 596 g/mol. The average Bonchev–Trinajstić information content (AvgIpc) is 3.53. The van der Waals surface area contributed by atoms with E-state index in [1.165, 1.54) is 26.9 Å².